The third-order valence-corrected chi connectivity index (χ3v) is 4.26. The van der Waals surface area contributed by atoms with Crippen molar-refractivity contribution in [2.24, 2.45) is 0 Å². The Hall–Kier alpha value is -1.99. The van der Waals surface area contributed by atoms with E-state index in [-0.39, 0.29) is 10.9 Å². The second kappa shape index (κ2) is 7.09. The molecular formula is C17H13ClF3N3S. The molecule has 0 unspecified atom stereocenters. The molecule has 0 fully saturated rings. The second-order valence-corrected chi connectivity index (χ2v) is 6.54. The van der Waals surface area contributed by atoms with Gasteiger partial charge >= 0.3 is 6.18 Å². The van der Waals surface area contributed by atoms with E-state index < -0.39 is 11.9 Å². The average Bonchev–Trinajstić information content (AvgIpc) is 3.02. The SMILES string of the molecule is CSc1nc(-c2ccn(Cc3cccc(Cl)c3)c2)cc(C(F)(F)F)n1. The zero-order valence-electron chi connectivity index (χ0n) is 13.1. The van der Waals surface area contributed by atoms with E-state index >= 15 is 0 Å². The third kappa shape index (κ3) is 4.35. The molecule has 2 aromatic heterocycles. The smallest absolute Gasteiger partial charge is 0.349 e. The molecule has 0 saturated heterocycles. The number of aromatic nitrogens is 3. The Morgan fingerprint density at radius 2 is 1.96 bits per heavy atom. The Kier molecular flexibility index (Phi) is 5.06. The summed E-state index contributed by atoms with van der Waals surface area (Å²) in [7, 11) is 0. The normalized spacial score (nSPS) is 11.7. The molecule has 3 rings (SSSR count). The van der Waals surface area contributed by atoms with E-state index in [4.69, 9.17) is 11.6 Å². The average molecular weight is 384 g/mol. The van der Waals surface area contributed by atoms with Gasteiger partial charge < -0.3 is 4.57 Å². The molecule has 2 heterocycles. The lowest BCUT2D eigenvalue weighted by molar-refractivity contribution is -0.141. The second-order valence-electron chi connectivity index (χ2n) is 5.33. The summed E-state index contributed by atoms with van der Waals surface area (Å²) in [5, 5.41) is 0.729. The van der Waals surface area contributed by atoms with Crippen LogP contribution < -0.4 is 0 Å². The van der Waals surface area contributed by atoms with E-state index in [9.17, 15) is 13.2 Å². The van der Waals surface area contributed by atoms with Gasteiger partial charge in [0.2, 0.25) is 0 Å². The van der Waals surface area contributed by atoms with Gasteiger partial charge in [-0.25, -0.2) is 9.97 Å². The van der Waals surface area contributed by atoms with Gasteiger partial charge in [0.15, 0.2) is 5.16 Å². The lowest BCUT2D eigenvalue weighted by Gasteiger charge is -2.09. The van der Waals surface area contributed by atoms with Crippen molar-refractivity contribution in [3.8, 4) is 11.3 Å². The van der Waals surface area contributed by atoms with Gasteiger partial charge in [0.25, 0.3) is 0 Å². The number of halogens is 4. The van der Waals surface area contributed by atoms with Crippen molar-refractivity contribution in [3.63, 3.8) is 0 Å². The number of nitrogens with zero attached hydrogens (tertiary/aromatic N) is 3. The fraction of sp³-hybridized carbons (Fsp3) is 0.176. The molecule has 0 spiro atoms. The number of hydrogen-bond acceptors (Lipinski definition) is 3. The molecule has 0 saturated carbocycles. The van der Waals surface area contributed by atoms with Crippen molar-refractivity contribution in [1.82, 2.24) is 14.5 Å². The Labute approximate surface area is 151 Å². The minimum absolute atomic E-state index is 0.0902. The van der Waals surface area contributed by atoms with Gasteiger partial charge in [-0.1, -0.05) is 35.5 Å². The van der Waals surface area contributed by atoms with Crippen LogP contribution in [0.5, 0.6) is 0 Å². The summed E-state index contributed by atoms with van der Waals surface area (Å²) >= 11 is 7.05. The number of alkyl halides is 3. The molecule has 0 amide bonds. The van der Waals surface area contributed by atoms with Gasteiger partial charge in [0.1, 0.15) is 5.69 Å². The van der Waals surface area contributed by atoms with Crippen LogP contribution in [0.3, 0.4) is 0 Å². The minimum Gasteiger partial charge on any atom is -0.349 e. The van der Waals surface area contributed by atoms with Crippen molar-refractivity contribution >= 4 is 23.4 Å². The molecule has 0 aliphatic carbocycles. The fourth-order valence-electron chi connectivity index (χ4n) is 2.35. The predicted octanol–water partition coefficient (Wildman–Crippen LogP) is 5.39. The summed E-state index contributed by atoms with van der Waals surface area (Å²) in [6.07, 6.45) is 0.687. The van der Waals surface area contributed by atoms with Crippen LogP contribution in [0.1, 0.15) is 11.3 Å². The van der Waals surface area contributed by atoms with Gasteiger partial charge in [-0.05, 0) is 36.1 Å². The summed E-state index contributed by atoms with van der Waals surface area (Å²) < 4.78 is 40.9. The molecule has 3 nitrogen and oxygen atoms in total. The van der Waals surface area contributed by atoms with Crippen molar-refractivity contribution in [3.05, 3.63) is 65.1 Å². The van der Waals surface area contributed by atoms with Crippen LogP contribution in [0.4, 0.5) is 13.2 Å². The van der Waals surface area contributed by atoms with E-state index in [0.29, 0.717) is 17.1 Å². The van der Waals surface area contributed by atoms with Gasteiger partial charge in [0, 0.05) is 29.5 Å². The topological polar surface area (TPSA) is 30.7 Å². The highest BCUT2D eigenvalue weighted by Crippen LogP contribution is 2.31. The Morgan fingerprint density at radius 3 is 2.64 bits per heavy atom. The van der Waals surface area contributed by atoms with Crippen molar-refractivity contribution in [2.45, 2.75) is 17.9 Å². The van der Waals surface area contributed by atoms with Crippen LogP contribution in [-0.2, 0) is 12.7 Å². The van der Waals surface area contributed by atoms with Crippen LogP contribution in [0, 0.1) is 0 Å². The first-order valence-electron chi connectivity index (χ1n) is 7.26. The molecule has 130 valence electrons. The van der Waals surface area contributed by atoms with E-state index in [0.717, 1.165) is 23.4 Å². The molecule has 0 aliphatic rings. The molecule has 0 aliphatic heterocycles. The van der Waals surface area contributed by atoms with Gasteiger partial charge in [-0.2, -0.15) is 13.2 Å². The number of benzene rings is 1. The number of rotatable bonds is 4. The Balaban J connectivity index is 1.91. The lowest BCUT2D eigenvalue weighted by Crippen LogP contribution is -2.09. The van der Waals surface area contributed by atoms with Crippen molar-refractivity contribution in [2.75, 3.05) is 6.26 Å². The van der Waals surface area contributed by atoms with Crippen LogP contribution in [0.15, 0.2) is 53.9 Å². The summed E-state index contributed by atoms with van der Waals surface area (Å²) in [6, 6.07) is 10.1. The molecule has 0 N–H and O–H groups in total. The predicted molar refractivity (Wildman–Crippen MR) is 92.8 cm³/mol. The van der Waals surface area contributed by atoms with Crippen LogP contribution in [0.25, 0.3) is 11.3 Å². The molecule has 0 bridgehead atoms. The largest absolute Gasteiger partial charge is 0.433 e. The quantitative estimate of drug-likeness (QED) is 0.447. The van der Waals surface area contributed by atoms with Gasteiger partial charge in [0.05, 0.1) is 5.69 Å². The first-order chi connectivity index (χ1) is 11.8. The maximum Gasteiger partial charge on any atom is 0.433 e. The maximum atomic E-state index is 13.0. The monoisotopic (exact) mass is 383 g/mol. The molecule has 25 heavy (non-hydrogen) atoms. The summed E-state index contributed by atoms with van der Waals surface area (Å²) in [5.41, 5.74) is 0.907. The summed E-state index contributed by atoms with van der Waals surface area (Å²) in [6.45, 7) is 0.563. The van der Waals surface area contributed by atoms with Gasteiger partial charge in [-0.15, -0.1) is 0 Å². The molecule has 0 atom stereocenters. The van der Waals surface area contributed by atoms with Crippen molar-refractivity contribution < 1.29 is 13.2 Å². The zero-order valence-corrected chi connectivity index (χ0v) is 14.7. The van der Waals surface area contributed by atoms with E-state index in [2.05, 4.69) is 9.97 Å². The Bertz CT molecular complexity index is 893. The molecule has 1 aromatic carbocycles. The first-order valence-corrected chi connectivity index (χ1v) is 8.86. The van der Waals surface area contributed by atoms with Crippen LogP contribution in [-0.4, -0.2) is 20.8 Å². The minimum atomic E-state index is -4.51. The van der Waals surface area contributed by atoms with Crippen molar-refractivity contribution in [1.29, 1.82) is 0 Å². The highest BCUT2D eigenvalue weighted by Gasteiger charge is 2.33. The lowest BCUT2D eigenvalue weighted by atomic mass is 10.2. The fourth-order valence-corrected chi connectivity index (χ4v) is 2.94. The highest BCUT2D eigenvalue weighted by molar-refractivity contribution is 7.98. The van der Waals surface area contributed by atoms with E-state index in [1.165, 1.54) is 0 Å². The zero-order chi connectivity index (χ0) is 18.0. The molecule has 8 heteroatoms. The third-order valence-electron chi connectivity index (χ3n) is 3.48. The molecule has 0 radical (unpaired) electrons. The van der Waals surface area contributed by atoms with Crippen LogP contribution >= 0.6 is 23.4 Å². The number of thioether (sulfide) groups is 1. The standard InChI is InChI=1S/C17H13ClF3N3S/c1-25-16-22-14(8-15(23-16)17(19,20)21)12-5-6-24(10-12)9-11-3-2-4-13(18)7-11/h2-8,10H,9H2,1H3. The first kappa shape index (κ1) is 17.8. The summed E-state index contributed by atoms with van der Waals surface area (Å²) in [5.74, 6) is 0. The molecular weight excluding hydrogens is 371 g/mol. The Morgan fingerprint density at radius 1 is 1.16 bits per heavy atom. The molecule has 3 aromatic rings. The summed E-state index contributed by atoms with van der Waals surface area (Å²) in [4.78, 5) is 7.73. The highest BCUT2D eigenvalue weighted by atomic mass is 35.5. The van der Waals surface area contributed by atoms with Gasteiger partial charge in [-0.3, -0.25) is 0 Å². The van der Waals surface area contributed by atoms with Crippen LogP contribution in [0.2, 0.25) is 5.02 Å². The van der Waals surface area contributed by atoms with E-state index in [1.807, 2.05) is 22.8 Å². The van der Waals surface area contributed by atoms with E-state index in [1.54, 1.807) is 30.8 Å². The number of hydrogen-bond donors (Lipinski definition) is 0. The maximum absolute atomic E-state index is 13.0.